The number of aromatic nitrogens is 2. The highest BCUT2D eigenvalue weighted by Crippen LogP contribution is 2.23. The van der Waals surface area contributed by atoms with Gasteiger partial charge < -0.3 is 9.73 Å². The van der Waals surface area contributed by atoms with Crippen molar-refractivity contribution in [3.63, 3.8) is 0 Å². The monoisotopic (exact) mass is 245 g/mol. The SMILES string of the molecule is C/C=C/CCNCc1cn[nH]c1-c1ccc(C)o1. The molecule has 0 saturated carbocycles. The Kier molecular flexibility index (Phi) is 4.36. The van der Waals surface area contributed by atoms with Crippen LogP contribution in [0.1, 0.15) is 24.7 Å². The molecule has 18 heavy (non-hydrogen) atoms. The summed E-state index contributed by atoms with van der Waals surface area (Å²) in [6.45, 7) is 5.73. The molecular weight excluding hydrogens is 226 g/mol. The number of nitrogens with one attached hydrogen (secondary N) is 2. The molecular formula is C14H19N3O. The summed E-state index contributed by atoms with van der Waals surface area (Å²) in [5.41, 5.74) is 2.09. The van der Waals surface area contributed by atoms with Crippen molar-refractivity contribution >= 4 is 0 Å². The summed E-state index contributed by atoms with van der Waals surface area (Å²) >= 11 is 0. The maximum Gasteiger partial charge on any atom is 0.152 e. The number of rotatable bonds is 6. The molecule has 4 heteroatoms. The second-order valence-electron chi connectivity index (χ2n) is 4.22. The number of aryl methyl sites for hydroxylation is 1. The normalized spacial score (nSPS) is 11.4. The van der Waals surface area contributed by atoms with E-state index in [0.717, 1.165) is 42.3 Å². The Hall–Kier alpha value is -1.81. The molecule has 96 valence electrons. The van der Waals surface area contributed by atoms with E-state index in [1.54, 1.807) is 0 Å². The van der Waals surface area contributed by atoms with Gasteiger partial charge in [0.2, 0.25) is 0 Å². The van der Waals surface area contributed by atoms with Gasteiger partial charge in [0.05, 0.1) is 6.20 Å². The minimum absolute atomic E-state index is 0.795. The van der Waals surface area contributed by atoms with Gasteiger partial charge in [-0.1, -0.05) is 12.2 Å². The minimum Gasteiger partial charge on any atom is -0.460 e. The van der Waals surface area contributed by atoms with Crippen LogP contribution in [0, 0.1) is 6.92 Å². The van der Waals surface area contributed by atoms with Crippen molar-refractivity contribution in [3.05, 3.63) is 41.8 Å². The second-order valence-corrected chi connectivity index (χ2v) is 4.22. The van der Waals surface area contributed by atoms with Gasteiger partial charge in [0.15, 0.2) is 5.76 Å². The summed E-state index contributed by atoms with van der Waals surface area (Å²) in [5.74, 6) is 1.75. The number of nitrogens with zero attached hydrogens (tertiary/aromatic N) is 1. The molecule has 0 fully saturated rings. The molecule has 0 amide bonds. The molecule has 2 rings (SSSR count). The van der Waals surface area contributed by atoms with Crippen LogP contribution < -0.4 is 5.32 Å². The van der Waals surface area contributed by atoms with Crippen molar-refractivity contribution in [1.29, 1.82) is 0 Å². The molecule has 0 bridgehead atoms. The Morgan fingerprint density at radius 1 is 1.44 bits per heavy atom. The van der Waals surface area contributed by atoms with Crippen LogP contribution in [0.5, 0.6) is 0 Å². The van der Waals surface area contributed by atoms with E-state index in [1.807, 2.05) is 32.2 Å². The van der Waals surface area contributed by atoms with E-state index >= 15 is 0 Å². The van der Waals surface area contributed by atoms with Crippen molar-refractivity contribution in [1.82, 2.24) is 15.5 Å². The van der Waals surface area contributed by atoms with Crippen molar-refractivity contribution in [2.75, 3.05) is 6.54 Å². The summed E-state index contributed by atoms with van der Waals surface area (Å²) in [6, 6.07) is 3.92. The van der Waals surface area contributed by atoms with E-state index < -0.39 is 0 Å². The summed E-state index contributed by atoms with van der Waals surface area (Å²) in [7, 11) is 0. The average Bonchev–Trinajstić information content (AvgIpc) is 2.97. The zero-order valence-corrected chi connectivity index (χ0v) is 10.9. The third-order valence-corrected chi connectivity index (χ3v) is 2.74. The van der Waals surface area contributed by atoms with E-state index in [4.69, 9.17) is 4.42 Å². The maximum atomic E-state index is 5.60. The lowest BCUT2D eigenvalue weighted by molar-refractivity contribution is 0.545. The molecule has 0 unspecified atom stereocenters. The standard InChI is InChI=1S/C14H19N3O/c1-3-4-5-8-15-9-12-10-16-17-14(12)13-7-6-11(2)18-13/h3-4,6-7,10,15H,5,8-9H2,1-2H3,(H,16,17)/b4-3+. The van der Waals surface area contributed by atoms with Gasteiger partial charge in [-0.3, -0.25) is 5.10 Å². The van der Waals surface area contributed by atoms with Crippen molar-refractivity contribution in [2.45, 2.75) is 26.8 Å². The predicted octanol–water partition coefficient (Wildman–Crippen LogP) is 3.03. The largest absolute Gasteiger partial charge is 0.460 e. The Morgan fingerprint density at radius 3 is 3.06 bits per heavy atom. The molecule has 4 nitrogen and oxygen atoms in total. The molecule has 0 atom stereocenters. The molecule has 2 aromatic heterocycles. The molecule has 2 aromatic rings. The van der Waals surface area contributed by atoms with Gasteiger partial charge in [0.1, 0.15) is 11.5 Å². The van der Waals surface area contributed by atoms with Gasteiger partial charge >= 0.3 is 0 Å². The van der Waals surface area contributed by atoms with Crippen molar-refractivity contribution in [2.24, 2.45) is 0 Å². The van der Waals surface area contributed by atoms with Gasteiger partial charge in [-0.15, -0.1) is 0 Å². The molecule has 0 radical (unpaired) electrons. The molecule has 0 aliphatic rings. The van der Waals surface area contributed by atoms with Crippen LogP contribution in [0.15, 0.2) is 34.9 Å². The van der Waals surface area contributed by atoms with E-state index in [-0.39, 0.29) is 0 Å². The topological polar surface area (TPSA) is 53.9 Å². The summed E-state index contributed by atoms with van der Waals surface area (Å²) in [4.78, 5) is 0. The number of hydrogen-bond donors (Lipinski definition) is 2. The summed E-state index contributed by atoms with van der Waals surface area (Å²) < 4.78 is 5.60. The van der Waals surface area contributed by atoms with Gasteiger partial charge in [-0.2, -0.15) is 5.10 Å². The lowest BCUT2D eigenvalue weighted by Crippen LogP contribution is -2.14. The van der Waals surface area contributed by atoms with E-state index in [0.29, 0.717) is 0 Å². The Bertz CT molecular complexity index is 511. The average molecular weight is 245 g/mol. The fourth-order valence-corrected chi connectivity index (χ4v) is 1.80. The first-order valence-corrected chi connectivity index (χ1v) is 6.22. The van der Waals surface area contributed by atoms with Crippen LogP contribution in [0.3, 0.4) is 0 Å². The van der Waals surface area contributed by atoms with E-state index in [9.17, 15) is 0 Å². The molecule has 2 heterocycles. The van der Waals surface area contributed by atoms with Crippen LogP contribution in [0.2, 0.25) is 0 Å². The maximum absolute atomic E-state index is 5.60. The van der Waals surface area contributed by atoms with Crippen LogP contribution >= 0.6 is 0 Å². The smallest absolute Gasteiger partial charge is 0.152 e. The first-order chi connectivity index (χ1) is 8.81. The van der Waals surface area contributed by atoms with E-state index in [1.165, 1.54) is 0 Å². The van der Waals surface area contributed by atoms with Gasteiger partial charge in [-0.25, -0.2) is 0 Å². The Labute approximate surface area is 107 Å². The highest BCUT2D eigenvalue weighted by molar-refractivity contribution is 5.56. The first kappa shape index (κ1) is 12.6. The molecule has 0 spiro atoms. The second kappa shape index (κ2) is 6.21. The Morgan fingerprint density at radius 2 is 2.33 bits per heavy atom. The highest BCUT2D eigenvalue weighted by atomic mass is 16.3. The molecule has 0 aliphatic heterocycles. The Balaban J connectivity index is 1.96. The fourth-order valence-electron chi connectivity index (χ4n) is 1.80. The molecule has 0 aliphatic carbocycles. The zero-order valence-electron chi connectivity index (χ0n) is 10.9. The quantitative estimate of drug-likeness (QED) is 0.607. The van der Waals surface area contributed by atoms with E-state index in [2.05, 4.69) is 27.7 Å². The van der Waals surface area contributed by atoms with Crippen LogP contribution in [-0.4, -0.2) is 16.7 Å². The lowest BCUT2D eigenvalue weighted by atomic mass is 10.2. The van der Waals surface area contributed by atoms with Crippen LogP contribution in [0.4, 0.5) is 0 Å². The molecule has 0 aromatic carbocycles. The number of allylic oxidation sites excluding steroid dienone is 1. The number of H-pyrrole nitrogens is 1. The fraction of sp³-hybridized carbons (Fsp3) is 0.357. The highest BCUT2D eigenvalue weighted by Gasteiger charge is 2.10. The van der Waals surface area contributed by atoms with Crippen molar-refractivity contribution in [3.8, 4) is 11.5 Å². The number of furan rings is 1. The van der Waals surface area contributed by atoms with Gasteiger partial charge in [0.25, 0.3) is 0 Å². The third kappa shape index (κ3) is 3.11. The van der Waals surface area contributed by atoms with Crippen LogP contribution in [-0.2, 0) is 6.54 Å². The first-order valence-electron chi connectivity index (χ1n) is 6.22. The van der Waals surface area contributed by atoms with Gasteiger partial charge in [0, 0.05) is 12.1 Å². The summed E-state index contributed by atoms with van der Waals surface area (Å²) in [6.07, 6.45) is 7.11. The van der Waals surface area contributed by atoms with Crippen LogP contribution in [0.25, 0.3) is 11.5 Å². The minimum atomic E-state index is 0.795. The molecule has 0 saturated heterocycles. The lowest BCUT2D eigenvalue weighted by Gasteiger charge is -2.02. The zero-order chi connectivity index (χ0) is 12.8. The number of aromatic amines is 1. The molecule has 2 N–H and O–H groups in total. The third-order valence-electron chi connectivity index (χ3n) is 2.74. The predicted molar refractivity (Wildman–Crippen MR) is 72.2 cm³/mol. The van der Waals surface area contributed by atoms with Crippen molar-refractivity contribution < 1.29 is 4.42 Å². The van der Waals surface area contributed by atoms with Gasteiger partial charge in [-0.05, 0) is 38.9 Å². The summed E-state index contributed by atoms with van der Waals surface area (Å²) in [5, 5.41) is 10.5. The number of hydrogen-bond acceptors (Lipinski definition) is 3.